The Kier molecular flexibility index (Phi) is 6.66. The largest absolute Gasteiger partial charge is 0.573 e. The normalized spacial score (nSPS) is 11.5. The van der Waals surface area contributed by atoms with Crippen LogP contribution in [0.3, 0.4) is 0 Å². The van der Waals surface area contributed by atoms with E-state index in [4.69, 9.17) is 0 Å². The van der Waals surface area contributed by atoms with E-state index < -0.39 is 6.36 Å². The van der Waals surface area contributed by atoms with Gasteiger partial charge in [-0.1, -0.05) is 38.1 Å². The molecular weight excluding hydrogens is 343 g/mol. The lowest BCUT2D eigenvalue weighted by Crippen LogP contribution is -2.25. The van der Waals surface area contributed by atoms with Crippen molar-refractivity contribution in [1.82, 2.24) is 5.32 Å². The number of halogens is 3. The summed E-state index contributed by atoms with van der Waals surface area (Å²) < 4.78 is 40.8. The van der Waals surface area contributed by atoms with Gasteiger partial charge in [0.2, 0.25) is 0 Å². The van der Waals surface area contributed by atoms with E-state index >= 15 is 0 Å². The van der Waals surface area contributed by atoms with Crippen molar-refractivity contribution in [2.75, 3.05) is 6.54 Å². The van der Waals surface area contributed by atoms with Gasteiger partial charge in [-0.2, -0.15) is 0 Å². The summed E-state index contributed by atoms with van der Waals surface area (Å²) in [7, 11) is 0. The predicted octanol–water partition coefficient (Wildman–Crippen LogP) is 4.95. The van der Waals surface area contributed by atoms with E-state index in [0.717, 1.165) is 12.0 Å². The lowest BCUT2D eigenvalue weighted by atomic mass is 10.0. The van der Waals surface area contributed by atoms with Gasteiger partial charge in [0.1, 0.15) is 5.75 Å². The van der Waals surface area contributed by atoms with Gasteiger partial charge < -0.3 is 10.1 Å². The molecule has 0 saturated heterocycles. The summed E-state index contributed by atoms with van der Waals surface area (Å²) in [6.07, 6.45) is -3.34. The van der Waals surface area contributed by atoms with E-state index in [1.807, 2.05) is 0 Å². The lowest BCUT2D eigenvalue weighted by molar-refractivity contribution is -0.274. The zero-order valence-electron chi connectivity index (χ0n) is 14.8. The number of carbonyl (C=O) groups is 1. The fraction of sp³-hybridized carbons (Fsp3) is 0.350. The molecule has 0 fully saturated rings. The Morgan fingerprint density at radius 1 is 1.08 bits per heavy atom. The maximum absolute atomic E-state index is 12.3. The highest BCUT2D eigenvalue weighted by atomic mass is 19.4. The summed E-state index contributed by atoms with van der Waals surface area (Å²) in [4.78, 5) is 12.0. The number of alkyl halides is 3. The molecule has 0 aliphatic heterocycles. The van der Waals surface area contributed by atoms with Gasteiger partial charge in [0.15, 0.2) is 0 Å². The summed E-state index contributed by atoms with van der Waals surface area (Å²) >= 11 is 0. The molecule has 6 heteroatoms. The number of ether oxygens (including phenoxy) is 1. The van der Waals surface area contributed by atoms with Gasteiger partial charge in [-0.15, -0.1) is 13.2 Å². The first-order valence-corrected chi connectivity index (χ1v) is 8.45. The summed E-state index contributed by atoms with van der Waals surface area (Å²) in [6.45, 7) is 4.82. The molecule has 0 bridgehead atoms. The second-order valence-corrected chi connectivity index (χ2v) is 6.51. The van der Waals surface area contributed by atoms with Crippen molar-refractivity contribution in [3.63, 3.8) is 0 Å². The zero-order chi connectivity index (χ0) is 19.2. The third-order valence-corrected chi connectivity index (χ3v) is 3.76. The number of benzene rings is 2. The Labute approximate surface area is 151 Å². The first-order chi connectivity index (χ1) is 12.2. The van der Waals surface area contributed by atoms with Crippen molar-refractivity contribution in [3.05, 3.63) is 65.2 Å². The molecule has 0 unspecified atom stereocenters. The fourth-order valence-electron chi connectivity index (χ4n) is 2.44. The number of nitrogens with one attached hydrogen (secondary N) is 1. The van der Waals surface area contributed by atoms with Crippen LogP contribution in [0.15, 0.2) is 48.5 Å². The van der Waals surface area contributed by atoms with Crippen molar-refractivity contribution >= 4 is 5.91 Å². The van der Waals surface area contributed by atoms with Crippen LogP contribution in [-0.2, 0) is 6.42 Å². The molecule has 2 aromatic carbocycles. The van der Waals surface area contributed by atoms with Crippen LogP contribution in [0.4, 0.5) is 13.2 Å². The first-order valence-electron chi connectivity index (χ1n) is 8.45. The average Bonchev–Trinajstić information content (AvgIpc) is 2.54. The summed E-state index contributed by atoms with van der Waals surface area (Å²) in [5.74, 6) is 0.156. The van der Waals surface area contributed by atoms with E-state index in [9.17, 15) is 18.0 Å². The quantitative estimate of drug-likeness (QED) is 0.754. The van der Waals surface area contributed by atoms with E-state index in [2.05, 4.69) is 23.9 Å². The zero-order valence-corrected chi connectivity index (χ0v) is 14.8. The second kappa shape index (κ2) is 8.74. The summed E-state index contributed by atoms with van der Waals surface area (Å²) in [5.41, 5.74) is 2.15. The van der Waals surface area contributed by atoms with Crippen molar-refractivity contribution in [3.8, 4) is 5.75 Å². The molecule has 1 amide bonds. The lowest BCUT2D eigenvalue weighted by Gasteiger charge is -2.10. The van der Waals surface area contributed by atoms with E-state index in [0.29, 0.717) is 30.0 Å². The molecule has 0 spiro atoms. The van der Waals surface area contributed by atoms with Gasteiger partial charge in [0.25, 0.3) is 5.91 Å². The highest BCUT2D eigenvalue weighted by molar-refractivity contribution is 5.94. The second-order valence-electron chi connectivity index (χ2n) is 6.51. The summed E-state index contributed by atoms with van der Waals surface area (Å²) in [5, 5.41) is 2.87. The van der Waals surface area contributed by atoms with Crippen LogP contribution in [0.2, 0.25) is 0 Å². The number of hydrogen-bond donors (Lipinski definition) is 1. The third kappa shape index (κ3) is 6.78. The molecule has 3 nitrogen and oxygen atoms in total. The monoisotopic (exact) mass is 365 g/mol. The van der Waals surface area contributed by atoms with Gasteiger partial charge in [-0.05, 0) is 54.2 Å². The molecule has 1 N–H and O–H groups in total. The highest BCUT2D eigenvalue weighted by Crippen LogP contribution is 2.24. The third-order valence-electron chi connectivity index (χ3n) is 3.76. The van der Waals surface area contributed by atoms with Crippen molar-refractivity contribution in [2.24, 2.45) is 5.92 Å². The van der Waals surface area contributed by atoms with Crippen molar-refractivity contribution in [2.45, 2.75) is 33.1 Å². The molecule has 2 rings (SSSR count). The molecule has 0 aliphatic carbocycles. The first kappa shape index (κ1) is 19.8. The van der Waals surface area contributed by atoms with Crippen LogP contribution in [0.5, 0.6) is 5.75 Å². The van der Waals surface area contributed by atoms with Gasteiger partial charge >= 0.3 is 6.36 Å². The molecular formula is C20H22F3NO2. The molecule has 0 radical (unpaired) electrons. The van der Waals surface area contributed by atoms with Crippen LogP contribution >= 0.6 is 0 Å². The van der Waals surface area contributed by atoms with Crippen LogP contribution in [0.25, 0.3) is 0 Å². The average molecular weight is 365 g/mol. The van der Waals surface area contributed by atoms with Crippen LogP contribution < -0.4 is 10.1 Å². The minimum absolute atomic E-state index is 0.127. The van der Waals surface area contributed by atoms with Gasteiger partial charge in [0.05, 0.1) is 0 Å². The van der Waals surface area contributed by atoms with E-state index in [1.165, 1.54) is 18.2 Å². The van der Waals surface area contributed by atoms with Crippen molar-refractivity contribution in [1.29, 1.82) is 0 Å². The van der Waals surface area contributed by atoms with Crippen LogP contribution in [-0.4, -0.2) is 18.8 Å². The smallest absolute Gasteiger partial charge is 0.406 e. The van der Waals surface area contributed by atoms with Crippen LogP contribution in [0, 0.1) is 5.92 Å². The number of hydrogen-bond acceptors (Lipinski definition) is 2. The molecule has 0 aromatic heterocycles. The van der Waals surface area contributed by atoms with Crippen LogP contribution in [0.1, 0.15) is 41.8 Å². The van der Waals surface area contributed by atoms with Gasteiger partial charge in [0, 0.05) is 12.1 Å². The fourth-order valence-corrected chi connectivity index (χ4v) is 2.44. The van der Waals surface area contributed by atoms with Gasteiger partial charge in [-0.3, -0.25) is 4.79 Å². The Hall–Kier alpha value is -2.50. The molecule has 140 valence electrons. The van der Waals surface area contributed by atoms with E-state index in [-0.39, 0.29) is 11.7 Å². The maximum atomic E-state index is 12.3. The molecule has 0 heterocycles. The number of rotatable bonds is 7. The summed E-state index contributed by atoms with van der Waals surface area (Å²) in [6, 6.07) is 12.9. The molecule has 0 aliphatic rings. The highest BCUT2D eigenvalue weighted by Gasteiger charge is 2.31. The maximum Gasteiger partial charge on any atom is 0.573 e. The Balaban J connectivity index is 1.97. The Morgan fingerprint density at radius 3 is 2.38 bits per heavy atom. The minimum atomic E-state index is -4.71. The Morgan fingerprint density at radius 2 is 1.77 bits per heavy atom. The molecule has 2 aromatic rings. The molecule has 0 saturated carbocycles. The predicted molar refractivity (Wildman–Crippen MR) is 94.2 cm³/mol. The standard InChI is InChI=1S/C20H22F3NO2/c1-14(2)10-11-24-19(25)17-8-6-15(7-9-17)12-16-4-3-5-18(13-16)26-20(21,22)23/h3-9,13-14H,10-12H2,1-2H3,(H,24,25). The Bertz CT molecular complexity index is 725. The number of amides is 1. The number of carbonyl (C=O) groups excluding carboxylic acids is 1. The minimum Gasteiger partial charge on any atom is -0.406 e. The SMILES string of the molecule is CC(C)CCNC(=O)c1ccc(Cc2cccc(OC(F)(F)F)c2)cc1. The van der Waals surface area contributed by atoms with Crippen molar-refractivity contribution < 1.29 is 22.7 Å². The van der Waals surface area contributed by atoms with E-state index in [1.54, 1.807) is 30.3 Å². The molecule has 0 atom stereocenters. The van der Waals surface area contributed by atoms with Gasteiger partial charge in [-0.25, -0.2) is 0 Å². The topological polar surface area (TPSA) is 38.3 Å². The molecule has 26 heavy (non-hydrogen) atoms.